The van der Waals surface area contributed by atoms with E-state index >= 15 is 0 Å². The Bertz CT molecular complexity index is 325. The molecule has 0 heterocycles. The van der Waals surface area contributed by atoms with E-state index in [0.29, 0.717) is 12.2 Å². The smallest absolute Gasteiger partial charge is 0.159 e. The van der Waals surface area contributed by atoms with Crippen molar-refractivity contribution in [3.63, 3.8) is 0 Å². The van der Waals surface area contributed by atoms with E-state index in [1.54, 1.807) is 0 Å². The van der Waals surface area contributed by atoms with Crippen LogP contribution in [0.25, 0.3) is 0 Å². The Kier molecular flexibility index (Phi) is 4.54. The molecule has 0 aromatic rings. The molecule has 0 fully saturated rings. The summed E-state index contributed by atoms with van der Waals surface area (Å²) in [7, 11) is 0. The molecule has 0 saturated carbocycles. The van der Waals surface area contributed by atoms with Gasteiger partial charge in [-0.05, 0) is 45.6 Å². The van der Waals surface area contributed by atoms with Gasteiger partial charge in [-0.15, -0.1) is 0 Å². The van der Waals surface area contributed by atoms with Crippen molar-refractivity contribution in [3.8, 4) is 0 Å². The molecule has 82 valence electrons. The van der Waals surface area contributed by atoms with Crippen LogP contribution >= 0.6 is 0 Å². The van der Waals surface area contributed by atoms with Crippen LogP contribution in [-0.2, 0) is 4.79 Å². The van der Waals surface area contributed by atoms with E-state index in [-0.39, 0.29) is 0 Å². The fourth-order valence-electron chi connectivity index (χ4n) is 1.63. The first-order valence-electron chi connectivity index (χ1n) is 5.62. The van der Waals surface area contributed by atoms with Crippen molar-refractivity contribution in [1.82, 2.24) is 0 Å². The van der Waals surface area contributed by atoms with Gasteiger partial charge in [0.05, 0.1) is 0 Å². The minimum absolute atomic E-state index is 0.316. The van der Waals surface area contributed by atoms with Gasteiger partial charge in [0.1, 0.15) is 0 Å². The Morgan fingerprint density at radius 3 is 2.60 bits per heavy atom. The van der Waals surface area contributed by atoms with Crippen LogP contribution in [-0.4, -0.2) is 5.78 Å². The van der Waals surface area contributed by atoms with Crippen LogP contribution < -0.4 is 0 Å². The Hall–Kier alpha value is -1.11. The van der Waals surface area contributed by atoms with Gasteiger partial charge in [0, 0.05) is 6.42 Å². The lowest BCUT2D eigenvalue weighted by molar-refractivity contribution is -0.115. The summed E-state index contributed by atoms with van der Waals surface area (Å²) >= 11 is 0. The Morgan fingerprint density at radius 1 is 1.33 bits per heavy atom. The molecule has 1 aliphatic rings. The van der Waals surface area contributed by atoms with E-state index < -0.39 is 0 Å². The molecule has 1 aliphatic carbocycles. The van der Waals surface area contributed by atoms with Crippen LogP contribution in [0.2, 0.25) is 0 Å². The average Bonchev–Trinajstić information content (AvgIpc) is 2.18. The zero-order chi connectivity index (χ0) is 11.3. The van der Waals surface area contributed by atoms with Crippen molar-refractivity contribution >= 4 is 5.78 Å². The summed E-state index contributed by atoms with van der Waals surface area (Å²) < 4.78 is 0. The predicted molar refractivity (Wildman–Crippen MR) is 64.7 cm³/mol. The van der Waals surface area contributed by atoms with Crippen molar-refractivity contribution in [2.75, 3.05) is 0 Å². The summed E-state index contributed by atoms with van der Waals surface area (Å²) in [4.78, 5) is 11.8. The quantitative estimate of drug-likeness (QED) is 0.633. The SMILES string of the molecule is CC(C)=CCCC(=O)C1=CC=C(C)CC1. The van der Waals surface area contributed by atoms with Crippen LogP contribution in [0.5, 0.6) is 0 Å². The second-order valence-electron chi connectivity index (χ2n) is 4.45. The molecule has 0 radical (unpaired) electrons. The first-order valence-corrected chi connectivity index (χ1v) is 5.62. The van der Waals surface area contributed by atoms with Crippen LogP contribution in [0, 0.1) is 0 Å². The molecule has 0 spiro atoms. The number of allylic oxidation sites excluding steroid dienone is 6. The predicted octanol–water partition coefficient (Wildman–Crippen LogP) is 3.97. The highest BCUT2D eigenvalue weighted by molar-refractivity contribution is 5.95. The molecule has 1 heteroatoms. The third-order valence-corrected chi connectivity index (χ3v) is 2.64. The number of carbonyl (C=O) groups is 1. The van der Waals surface area contributed by atoms with Gasteiger partial charge in [0.15, 0.2) is 5.78 Å². The second kappa shape index (κ2) is 5.69. The van der Waals surface area contributed by atoms with Gasteiger partial charge in [0.2, 0.25) is 0 Å². The number of ketones is 1. The van der Waals surface area contributed by atoms with Crippen molar-refractivity contribution in [3.05, 3.63) is 34.9 Å². The number of Topliss-reactive ketones (excluding diaryl/α,β-unsaturated/α-hetero) is 1. The maximum Gasteiger partial charge on any atom is 0.159 e. The van der Waals surface area contributed by atoms with Gasteiger partial charge in [-0.1, -0.05) is 29.4 Å². The molecular formula is C14H20O. The summed E-state index contributed by atoms with van der Waals surface area (Å²) in [6, 6.07) is 0. The number of hydrogen-bond donors (Lipinski definition) is 0. The molecule has 0 aliphatic heterocycles. The van der Waals surface area contributed by atoms with Crippen molar-refractivity contribution in [1.29, 1.82) is 0 Å². The Labute approximate surface area is 92.6 Å². The summed E-state index contributed by atoms with van der Waals surface area (Å²) in [5, 5.41) is 0. The van der Waals surface area contributed by atoms with Crippen molar-refractivity contribution in [2.45, 2.75) is 46.5 Å². The van der Waals surface area contributed by atoms with Gasteiger partial charge < -0.3 is 0 Å². The van der Waals surface area contributed by atoms with Gasteiger partial charge in [-0.2, -0.15) is 0 Å². The van der Waals surface area contributed by atoms with Crippen LogP contribution in [0.4, 0.5) is 0 Å². The molecule has 0 saturated heterocycles. The van der Waals surface area contributed by atoms with Gasteiger partial charge in [0.25, 0.3) is 0 Å². The van der Waals surface area contributed by atoms with Gasteiger partial charge in [-0.25, -0.2) is 0 Å². The van der Waals surface area contributed by atoms with E-state index in [1.807, 2.05) is 6.08 Å². The van der Waals surface area contributed by atoms with E-state index in [9.17, 15) is 4.79 Å². The summed E-state index contributed by atoms with van der Waals surface area (Å²) in [5.74, 6) is 0.316. The van der Waals surface area contributed by atoms with E-state index in [4.69, 9.17) is 0 Å². The van der Waals surface area contributed by atoms with Gasteiger partial charge in [-0.3, -0.25) is 4.79 Å². The van der Waals surface area contributed by atoms with Crippen LogP contribution in [0.15, 0.2) is 34.9 Å². The first kappa shape index (κ1) is 12.0. The lowest BCUT2D eigenvalue weighted by Crippen LogP contribution is -2.04. The minimum Gasteiger partial charge on any atom is -0.295 e. The lowest BCUT2D eigenvalue weighted by atomic mass is 9.94. The van der Waals surface area contributed by atoms with E-state index in [1.165, 1.54) is 11.1 Å². The standard InChI is InChI=1S/C14H20O/c1-11(2)5-4-6-14(15)13-9-7-12(3)8-10-13/h5,7,9H,4,6,8,10H2,1-3H3. The summed E-state index contributed by atoms with van der Waals surface area (Å²) in [6.07, 6.45) is 9.69. The molecule has 0 amide bonds. The Morgan fingerprint density at radius 2 is 2.07 bits per heavy atom. The lowest BCUT2D eigenvalue weighted by Gasteiger charge is -2.10. The van der Waals surface area contributed by atoms with Crippen molar-refractivity contribution in [2.24, 2.45) is 0 Å². The molecule has 0 aromatic heterocycles. The molecule has 0 atom stereocenters. The molecule has 1 rings (SSSR count). The van der Waals surface area contributed by atoms with Crippen LogP contribution in [0.3, 0.4) is 0 Å². The molecule has 1 nitrogen and oxygen atoms in total. The highest BCUT2D eigenvalue weighted by Crippen LogP contribution is 2.19. The van der Waals surface area contributed by atoms with Gasteiger partial charge >= 0.3 is 0 Å². The molecular weight excluding hydrogens is 184 g/mol. The van der Waals surface area contributed by atoms with Crippen LogP contribution in [0.1, 0.15) is 46.5 Å². The number of rotatable bonds is 4. The zero-order valence-electron chi connectivity index (χ0n) is 9.97. The zero-order valence-corrected chi connectivity index (χ0v) is 9.97. The maximum atomic E-state index is 11.8. The highest BCUT2D eigenvalue weighted by Gasteiger charge is 2.10. The first-order chi connectivity index (χ1) is 7.09. The summed E-state index contributed by atoms with van der Waals surface area (Å²) in [6.45, 7) is 6.24. The normalized spacial score (nSPS) is 15.4. The second-order valence-corrected chi connectivity index (χ2v) is 4.45. The fraction of sp³-hybridized carbons (Fsp3) is 0.500. The summed E-state index contributed by atoms with van der Waals surface area (Å²) in [5.41, 5.74) is 3.66. The number of carbonyl (C=O) groups excluding carboxylic acids is 1. The molecule has 0 unspecified atom stereocenters. The monoisotopic (exact) mass is 204 g/mol. The molecule has 15 heavy (non-hydrogen) atoms. The van der Waals surface area contributed by atoms with Crippen molar-refractivity contribution < 1.29 is 4.79 Å². The molecule has 0 aromatic carbocycles. The number of hydrogen-bond acceptors (Lipinski definition) is 1. The third kappa shape index (κ3) is 4.28. The Balaban J connectivity index is 2.45. The fourth-order valence-corrected chi connectivity index (χ4v) is 1.63. The maximum absolute atomic E-state index is 11.8. The highest BCUT2D eigenvalue weighted by atomic mass is 16.1. The van der Waals surface area contributed by atoms with E-state index in [2.05, 4.69) is 32.9 Å². The third-order valence-electron chi connectivity index (χ3n) is 2.64. The average molecular weight is 204 g/mol. The molecule has 0 N–H and O–H groups in total. The largest absolute Gasteiger partial charge is 0.295 e. The topological polar surface area (TPSA) is 17.1 Å². The molecule has 0 bridgehead atoms. The minimum atomic E-state index is 0.316. The van der Waals surface area contributed by atoms with E-state index in [0.717, 1.165) is 24.8 Å².